The van der Waals surface area contributed by atoms with Gasteiger partial charge in [-0.1, -0.05) is 24.1 Å². The predicted molar refractivity (Wildman–Crippen MR) is 117 cm³/mol. The molecular weight excluding hydrogens is 432 g/mol. The molecule has 2 fully saturated rings. The molecular formula is C23H28N2O6S. The number of nitrogens with zero attached hydrogens (tertiary/aromatic N) is 1. The van der Waals surface area contributed by atoms with E-state index in [1.54, 1.807) is 12.1 Å². The van der Waals surface area contributed by atoms with Gasteiger partial charge < -0.3 is 9.47 Å². The zero-order chi connectivity index (χ0) is 23.1. The number of esters is 2. The molecule has 0 aliphatic heterocycles. The number of rotatable bonds is 6. The highest BCUT2D eigenvalue weighted by atomic mass is 32.2. The van der Waals surface area contributed by atoms with Gasteiger partial charge in [0.15, 0.2) is 0 Å². The lowest BCUT2D eigenvalue weighted by molar-refractivity contribution is -0.140. The molecule has 3 aliphatic rings. The molecule has 1 aromatic rings. The topological polar surface area (TPSA) is 111 Å². The molecule has 172 valence electrons. The van der Waals surface area contributed by atoms with E-state index in [-0.39, 0.29) is 16.4 Å². The lowest BCUT2D eigenvalue weighted by Gasteiger charge is -2.41. The number of hydrogen-bond acceptors (Lipinski definition) is 7. The molecule has 0 heterocycles. The Morgan fingerprint density at radius 1 is 1.06 bits per heavy atom. The van der Waals surface area contributed by atoms with Gasteiger partial charge in [-0.3, -0.25) is 0 Å². The number of methoxy groups -OCH3 is 2. The smallest absolute Gasteiger partial charge is 0.335 e. The van der Waals surface area contributed by atoms with Crippen LogP contribution in [0, 0.1) is 23.7 Å². The average molecular weight is 461 g/mol. The molecule has 3 aliphatic carbocycles. The van der Waals surface area contributed by atoms with Gasteiger partial charge in [0, 0.05) is 17.0 Å². The van der Waals surface area contributed by atoms with Crippen LogP contribution in [0.5, 0.6) is 0 Å². The van der Waals surface area contributed by atoms with E-state index in [1.807, 2.05) is 6.92 Å². The van der Waals surface area contributed by atoms with Gasteiger partial charge in [-0.25, -0.2) is 14.4 Å². The average Bonchev–Trinajstić information content (AvgIpc) is 3.29. The first kappa shape index (κ1) is 22.5. The monoisotopic (exact) mass is 460 g/mol. The summed E-state index contributed by atoms with van der Waals surface area (Å²) in [7, 11) is -1.28. The molecule has 0 saturated heterocycles. The molecule has 1 N–H and O–H groups in total. The summed E-state index contributed by atoms with van der Waals surface area (Å²) in [6.45, 7) is 1.87. The molecule has 0 aromatic heterocycles. The Kier molecular flexibility index (Phi) is 5.65. The standard InChI is InChI=1S/C23H28N2O6S/c1-15-6-8-17(9-7-15)32(28,29)25-24-14-22-12-10-16-5-4-11-23(16,13-22)19(21(27)31-3)18(22)20(26)30-2/h6-9,14,16,25H,4-5,10-13H2,1-3H3/b24-14+/t16-,22+,23+/m1/s1. The minimum Gasteiger partial charge on any atom is -0.466 e. The van der Waals surface area contributed by atoms with Crippen molar-refractivity contribution in [3.63, 3.8) is 0 Å². The molecule has 0 radical (unpaired) electrons. The molecule has 4 rings (SSSR count). The summed E-state index contributed by atoms with van der Waals surface area (Å²) >= 11 is 0. The summed E-state index contributed by atoms with van der Waals surface area (Å²) in [5.41, 5.74) is 0.248. The summed E-state index contributed by atoms with van der Waals surface area (Å²) in [4.78, 5) is 28.1. The molecule has 8 nitrogen and oxygen atoms in total. The third-order valence-corrected chi connectivity index (χ3v) is 8.61. The number of hydrogen-bond donors (Lipinski definition) is 1. The van der Waals surface area contributed by atoms with Crippen molar-refractivity contribution in [2.24, 2.45) is 21.8 Å². The number of carbonyl (C=O) groups excluding carboxylic acids is 2. The van der Waals surface area contributed by atoms with Crippen LogP contribution in [0.2, 0.25) is 0 Å². The number of aryl methyl sites for hydroxylation is 1. The quantitative estimate of drug-likeness (QED) is 0.397. The van der Waals surface area contributed by atoms with E-state index in [0.29, 0.717) is 18.4 Å². The molecule has 3 atom stereocenters. The van der Waals surface area contributed by atoms with Gasteiger partial charge >= 0.3 is 11.9 Å². The predicted octanol–water partition coefficient (Wildman–Crippen LogP) is 2.87. The second kappa shape index (κ2) is 8.03. The summed E-state index contributed by atoms with van der Waals surface area (Å²) in [6.07, 6.45) is 6.15. The van der Waals surface area contributed by atoms with Gasteiger partial charge in [-0.15, -0.1) is 0 Å². The van der Waals surface area contributed by atoms with E-state index in [1.165, 1.54) is 32.6 Å². The Hall–Kier alpha value is -2.68. The number of hydrazone groups is 1. The molecule has 2 bridgehead atoms. The van der Waals surface area contributed by atoms with Crippen molar-refractivity contribution in [2.75, 3.05) is 14.2 Å². The normalized spacial score (nSPS) is 29.2. The maximum absolute atomic E-state index is 12.9. The fourth-order valence-electron chi connectivity index (χ4n) is 5.99. The number of ether oxygens (including phenoxy) is 2. The van der Waals surface area contributed by atoms with Crippen molar-refractivity contribution >= 4 is 28.2 Å². The minimum absolute atomic E-state index is 0.0964. The largest absolute Gasteiger partial charge is 0.466 e. The van der Waals surface area contributed by atoms with Crippen LogP contribution in [0.3, 0.4) is 0 Å². The fraction of sp³-hybridized carbons (Fsp3) is 0.522. The molecule has 0 amide bonds. The third kappa shape index (κ3) is 3.43. The van der Waals surface area contributed by atoms with Crippen LogP contribution in [-0.2, 0) is 29.1 Å². The van der Waals surface area contributed by atoms with Gasteiger partial charge in [-0.05, 0) is 57.1 Å². The lowest BCUT2D eigenvalue weighted by atomic mass is 9.61. The van der Waals surface area contributed by atoms with Crippen molar-refractivity contribution in [3.05, 3.63) is 41.0 Å². The Morgan fingerprint density at radius 2 is 1.72 bits per heavy atom. The Morgan fingerprint density at radius 3 is 2.38 bits per heavy atom. The van der Waals surface area contributed by atoms with Crippen LogP contribution in [0.15, 0.2) is 45.4 Å². The summed E-state index contributed by atoms with van der Waals surface area (Å²) in [6, 6.07) is 6.43. The highest BCUT2D eigenvalue weighted by molar-refractivity contribution is 7.89. The van der Waals surface area contributed by atoms with Gasteiger partial charge in [0.25, 0.3) is 10.0 Å². The first-order valence-corrected chi connectivity index (χ1v) is 12.2. The van der Waals surface area contributed by atoms with E-state index in [2.05, 4.69) is 9.93 Å². The fourth-order valence-corrected chi connectivity index (χ4v) is 6.78. The summed E-state index contributed by atoms with van der Waals surface area (Å²) in [5.74, 6) is -0.832. The molecule has 1 aromatic carbocycles. The van der Waals surface area contributed by atoms with E-state index in [4.69, 9.17) is 9.47 Å². The number of fused-ring (bicyclic) bond motifs is 1. The van der Waals surface area contributed by atoms with Crippen molar-refractivity contribution in [1.82, 2.24) is 4.83 Å². The SMILES string of the molecule is COC(=O)C1=C(C(=O)OC)[C@]23CCC[C@@H]2CC[C@@]1(/C=N/NS(=O)(=O)c1ccc(C)cc1)C3. The van der Waals surface area contributed by atoms with Crippen LogP contribution < -0.4 is 4.83 Å². The zero-order valence-corrected chi connectivity index (χ0v) is 19.3. The highest BCUT2D eigenvalue weighted by Crippen LogP contribution is 2.68. The number of carbonyl (C=O) groups is 2. The van der Waals surface area contributed by atoms with E-state index >= 15 is 0 Å². The Bertz CT molecular complexity index is 1110. The van der Waals surface area contributed by atoms with Crippen molar-refractivity contribution in [3.8, 4) is 0 Å². The second-order valence-electron chi connectivity index (χ2n) is 9.02. The lowest BCUT2D eigenvalue weighted by Crippen LogP contribution is -2.38. The van der Waals surface area contributed by atoms with E-state index < -0.39 is 32.8 Å². The van der Waals surface area contributed by atoms with Gasteiger partial charge in [0.1, 0.15) is 0 Å². The Balaban J connectivity index is 1.73. The van der Waals surface area contributed by atoms with Crippen molar-refractivity contribution in [1.29, 1.82) is 0 Å². The number of sulfonamides is 1. The van der Waals surface area contributed by atoms with Crippen LogP contribution >= 0.6 is 0 Å². The first-order chi connectivity index (χ1) is 15.2. The number of nitrogens with one attached hydrogen (secondary N) is 1. The van der Waals surface area contributed by atoms with E-state index in [0.717, 1.165) is 31.2 Å². The maximum atomic E-state index is 12.9. The summed E-state index contributed by atoms with van der Waals surface area (Å²) in [5, 5.41) is 4.08. The molecule has 0 unspecified atom stereocenters. The zero-order valence-electron chi connectivity index (χ0n) is 18.5. The highest BCUT2D eigenvalue weighted by Gasteiger charge is 2.64. The van der Waals surface area contributed by atoms with Crippen LogP contribution in [-0.4, -0.2) is 40.8 Å². The number of benzene rings is 1. The summed E-state index contributed by atoms with van der Waals surface area (Å²) < 4.78 is 35.5. The molecule has 9 heteroatoms. The second-order valence-corrected chi connectivity index (χ2v) is 10.7. The maximum Gasteiger partial charge on any atom is 0.335 e. The van der Waals surface area contributed by atoms with Crippen LogP contribution in [0.1, 0.15) is 44.1 Å². The first-order valence-electron chi connectivity index (χ1n) is 10.7. The van der Waals surface area contributed by atoms with Crippen LogP contribution in [0.25, 0.3) is 0 Å². The molecule has 2 saturated carbocycles. The van der Waals surface area contributed by atoms with Gasteiger partial charge in [0.2, 0.25) is 0 Å². The van der Waals surface area contributed by atoms with Crippen molar-refractivity contribution < 1.29 is 27.5 Å². The third-order valence-electron chi connectivity index (χ3n) is 7.37. The van der Waals surface area contributed by atoms with Crippen molar-refractivity contribution in [2.45, 2.75) is 50.3 Å². The van der Waals surface area contributed by atoms with Gasteiger partial charge in [0.05, 0.1) is 30.3 Å². The minimum atomic E-state index is -3.87. The van der Waals surface area contributed by atoms with Gasteiger partial charge in [-0.2, -0.15) is 13.5 Å². The van der Waals surface area contributed by atoms with Crippen LogP contribution in [0.4, 0.5) is 0 Å². The molecule has 1 spiro atoms. The molecule has 32 heavy (non-hydrogen) atoms. The Labute approximate surface area is 188 Å². The van der Waals surface area contributed by atoms with E-state index in [9.17, 15) is 18.0 Å².